The first-order valence-corrected chi connectivity index (χ1v) is 4.40. The van der Waals surface area contributed by atoms with E-state index in [1.54, 1.807) is 12.1 Å². The van der Waals surface area contributed by atoms with Crippen LogP contribution >= 0.6 is 11.6 Å². The molecule has 0 aromatic carbocycles. The molecule has 2 aromatic heterocycles. The van der Waals surface area contributed by atoms with E-state index in [9.17, 15) is 0 Å². The smallest absolute Gasteiger partial charge is 0.169 e. The Morgan fingerprint density at radius 1 is 1.36 bits per heavy atom. The summed E-state index contributed by atoms with van der Waals surface area (Å²) in [5.41, 5.74) is 7.09. The topological polar surface area (TPSA) is 64.9 Å². The standard InChI is InChI=1S/C9H8ClN3O/c1-5-2-6(3-8(10)12-5)7-4-9(11)13-14-7/h2-4H,1H3,(H2,11,13). The lowest BCUT2D eigenvalue weighted by Crippen LogP contribution is -1.83. The van der Waals surface area contributed by atoms with Crippen LogP contribution in [0.1, 0.15) is 5.69 Å². The number of nitrogens with zero attached hydrogens (tertiary/aromatic N) is 2. The molecular weight excluding hydrogens is 202 g/mol. The average molecular weight is 210 g/mol. The number of nitrogen functional groups attached to an aromatic ring is 1. The fourth-order valence-corrected chi connectivity index (χ4v) is 1.45. The molecule has 0 radical (unpaired) electrons. The van der Waals surface area contributed by atoms with E-state index in [0.717, 1.165) is 11.3 Å². The van der Waals surface area contributed by atoms with Gasteiger partial charge in [0.05, 0.1) is 0 Å². The van der Waals surface area contributed by atoms with E-state index in [1.165, 1.54) is 0 Å². The molecule has 2 heterocycles. The molecule has 0 fully saturated rings. The zero-order valence-electron chi connectivity index (χ0n) is 7.49. The summed E-state index contributed by atoms with van der Waals surface area (Å²) in [5.74, 6) is 0.945. The molecule has 0 spiro atoms. The fraction of sp³-hybridized carbons (Fsp3) is 0.111. The zero-order chi connectivity index (χ0) is 10.1. The van der Waals surface area contributed by atoms with E-state index in [-0.39, 0.29) is 0 Å². The molecule has 0 amide bonds. The van der Waals surface area contributed by atoms with Crippen molar-refractivity contribution in [1.29, 1.82) is 0 Å². The summed E-state index contributed by atoms with van der Waals surface area (Å²) in [5, 5.41) is 4.02. The molecule has 0 atom stereocenters. The lowest BCUT2D eigenvalue weighted by molar-refractivity contribution is 0.436. The minimum Gasteiger partial charge on any atom is -0.381 e. The van der Waals surface area contributed by atoms with Gasteiger partial charge in [0.2, 0.25) is 0 Å². The van der Waals surface area contributed by atoms with Gasteiger partial charge in [0, 0.05) is 17.3 Å². The summed E-state index contributed by atoms with van der Waals surface area (Å²) in [7, 11) is 0. The van der Waals surface area contributed by atoms with Crippen LogP contribution in [0.2, 0.25) is 5.15 Å². The molecule has 0 bridgehead atoms. The van der Waals surface area contributed by atoms with Gasteiger partial charge in [0.25, 0.3) is 0 Å². The first-order chi connectivity index (χ1) is 6.65. The van der Waals surface area contributed by atoms with Crippen LogP contribution in [-0.2, 0) is 0 Å². The van der Waals surface area contributed by atoms with Crippen LogP contribution in [0.5, 0.6) is 0 Å². The van der Waals surface area contributed by atoms with Gasteiger partial charge in [-0.15, -0.1) is 0 Å². The van der Waals surface area contributed by atoms with Gasteiger partial charge in [-0.2, -0.15) is 0 Å². The highest BCUT2D eigenvalue weighted by Crippen LogP contribution is 2.23. The minimum absolute atomic E-state index is 0.352. The highest BCUT2D eigenvalue weighted by Gasteiger charge is 2.06. The van der Waals surface area contributed by atoms with Crippen molar-refractivity contribution in [2.45, 2.75) is 6.92 Å². The van der Waals surface area contributed by atoms with Crippen LogP contribution in [0.3, 0.4) is 0 Å². The number of hydrogen-bond donors (Lipinski definition) is 1. The minimum atomic E-state index is 0.352. The number of rotatable bonds is 1. The van der Waals surface area contributed by atoms with E-state index in [1.807, 2.05) is 13.0 Å². The lowest BCUT2D eigenvalue weighted by atomic mass is 10.2. The summed E-state index contributed by atoms with van der Waals surface area (Å²) >= 11 is 5.80. The molecule has 0 aliphatic rings. The summed E-state index contributed by atoms with van der Waals surface area (Å²) in [6, 6.07) is 5.20. The van der Waals surface area contributed by atoms with Crippen LogP contribution < -0.4 is 5.73 Å². The van der Waals surface area contributed by atoms with Gasteiger partial charge in [-0.1, -0.05) is 16.8 Å². The Balaban J connectivity index is 2.51. The Morgan fingerprint density at radius 2 is 2.14 bits per heavy atom. The normalized spacial score (nSPS) is 10.4. The Labute approximate surface area is 85.7 Å². The van der Waals surface area contributed by atoms with E-state index in [2.05, 4.69) is 10.1 Å². The lowest BCUT2D eigenvalue weighted by Gasteiger charge is -1.98. The number of aromatic nitrogens is 2. The molecule has 2 aromatic rings. The van der Waals surface area contributed by atoms with Crippen molar-refractivity contribution in [1.82, 2.24) is 10.1 Å². The van der Waals surface area contributed by atoms with Gasteiger partial charge in [-0.05, 0) is 19.1 Å². The number of hydrogen-bond acceptors (Lipinski definition) is 4. The van der Waals surface area contributed by atoms with E-state index in [4.69, 9.17) is 21.9 Å². The molecule has 4 nitrogen and oxygen atoms in total. The maximum absolute atomic E-state index is 5.80. The van der Waals surface area contributed by atoms with Crippen LogP contribution in [0.15, 0.2) is 22.7 Å². The summed E-state index contributed by atoms with van der Waals surface area (Å²) < 4.78 is 5.00. The van der Waals surface area contributed by atoms with Crippen molar-refractivity contribution in [3.63, 3.8) is 0 Å². The molecule has 0 aliphatic heterocycles. The first-order valence-electron chi connectivity index (χ1n) is 4.02. The number of pyridine rings is 1. The molecule has 2 rings (SSSR count). The fourth-order valence-electron chi connectivity index (χ4n) is 1.20. The van der Waals surface area contributed by atoms with E-state index < -0.39 is 0 Å². The Hall–Kier alpha value is -1.55. The molecule has 0 saturated heterocycles. The number of anilines is 1. The quantitative estimate of drug-likeness (QED) is 0.732. The Bertz CT molecular complexity index is 447. The van der Waals surface area contributed by atoms with Crippen molar-refractivity contribution in [2.24, 2.45) is 0 Å². The highest BCUT2D eigenvalue weighted by molar-refractivity contribution is 6.29. The molecule has 72 valence electrons. The van der Waals surface area contributed by atoms with Gasteiger partial charge < -0.3 is 10.3 Å². The third-order valence-electron chi connectivity index (χ3n) is 1.74. The predicted molar refractivity (Wildman–Crippen MR) is 53.9 cm³/mol. The zero-order valence-corrected chi connectivity index (χ0v) is 8.25. The monoisotopic (exact) mass is 209 g/mol. The number of nitrogens with two attached hydrogens (primary N) is 1. The van der Waals surface area contributed by atoms with Crippen molar-refractivity contribution in [3.05, 3.63) is 29.0 Å². The predicted octanol–water partition coefficient (Wildman–Crippen LogP) is 2.28. The maximum Gasteiger partial charge on any atom is 0.169 e. The van der Waals surface area contributed by atoms with Crippen LogP contribution in [0.25, 0.3) is 11.3 Å². The second-order valence-corrected chi connectivity index (χ2v) is 3.32. The summed E-state index contributed by atoms with van der Waals surface area (Å²) in [6.45, 7) is 1.86. The summed E-state index contributed by atoms with van der Waals surface area (Å²) in [4.78, 5) is 4.04. The SMILES string of the molecule is Cc1cc(-c2cc(N)no2)cc(Cl)n1. The van der Waals surface area contributed by atoms with Crippen LogP contribution in [0, 0.1) is 6.92 Å². The molecule has 0 unspecified atom stereocenters. The molecule has 0 aliphatic carbocycles. The molecular formula is C9H8ClN3O. The molecule has 5 heteroatoms. The van der Waals surface area contributed by atoms with Crippen molar-refractivity contribution >= 4 is 17.4 Å². The Kier molecular flexibility index (Phi) is 2.13. The second-order valence-electron chi connectivity index (χ2n) is 2.94. The number of halogens is 1. The van der Waals surface area contributed by atoms with Gasteiger partial charge in [0.1, 0.15) is 5.15 Å². The molecule has 2 N–H and O–H groups in total. The van der Waals surface area contributed by atoms with E-state index >= 15 is 0 Å². The first kappa shape index (κ1) is 9.02. The second kappa shape index (κ2) is 3.31. The maximum atomic E-state index is 5.80. The van der Waals surface area contributed by atoms with E-state index in [0.29, 0.717) is 16.7 Å². The van der Waals surface area contributed by atoms with Crippen LogP contribution in [0.4, 0.5) is 5.82 Å². The third-order valence-corrected chi connectivity index (χ3v) is 1.93. The highest BCUT2D eigenvalue weighted by atomic mass is 35.5. The largest absolute Gasteiger partial charge is 0.381 e. The molecule has 0 saturated carbocycles. The van der Waals surface area contributed by atoms with Gasteiger partial charge in [-0.25, -0.2) is 4.98 Å². The Morgan fingerprint density at radius 3 is 2.71 bits per heavy atom. The van der Waals surface area contributed by atoms with Gasteiger partial charge in [-0.3, -0.25) is 0 Å². The average Bonchev–Trinajstić information content (AvgIpc) is 2.50. The van der Waals surface area contributed by atoms with Crippen molar-refractivity contribution in [3.8, 4) is 11.3 Å². The third kappa shape index (κ3) is 1.70. The van der Waals surface area contributed by atoms with Gasteiger partial charge >= 0.3 is 0 Å². The van der Waals surface area contributed by atoms with Gasteiger partial charge in [0.15, 0.2) is 11.6 Å². The number of aryl methyl sites for hydroxylation is 1. The van der Waals surface area contributed by atoms with Crippen molar-refractivity contribution in [2.75, 3.05) is 5.73 Å². The van der Waals surface area contributed by atoms with Crippen molar-refractivity contribution < 1.29 is 4.52 Å². The summed E-state index contributed by atoms with van der Waals surface area (Å²) in [6.07, 6.45) is 0. The van der Waals surface area contributed by atoms with Crippen LogP contribution in [-0.4, -0.2) is 10.1 Å². The molecule has 14 heavy (non-hydrogen) atoms.